The van der Waals surface area contributed by atoms with Crippen molar-refractivity contribution in [3.05, 3.63) is 41.3 Å². The maximum Gasteiger partial charge on any atom is 0.226 e. The van der Waals surface area contributed by atoms with E-state index in [1.165, 1.54) is 0 Å². The number of anilines is 1. The van der Waals surface area contributed by atoms with Crippen molar-refractivity contribution in [3.8, 4) is 0 Å². The van der Waals surface area contributed by atoms with E-state index in [1.54, 1.807) is 17.1 Å². The Kier molecular flexibility index (Phi) is 3.45. The number of carbonyl (C=O) groups is 1. The second kappa shape index (κ2) is 5.41. The summed E-state index contributed by atoms with van der Waals surface area (Å²) in [7, 11) is -3.02. The predicted molar refractivity (Wildman–Crippen MR) is 88.6 cm³/mol. The summed E-state index contributed by atoms with van der Waals surface area (Å²) in [5.74, 6) is 0.700. The average molecular weight is 346 g/mol. The standard InChI is InChI=1S/C16H18N4O3S/c1-10-15-13(11-3-2-5-17-8-11)7-14(21)18-16(15)20(19-10)12-4-6-24(22,23)9-12/h2-3,5,8,12-13H,4,6-7,9H2,1H3,(H,18,21)/t12-,13-/m1/s1. The Hall–Kier alpha value is -2.22. The molecule has 1 N–H and O–H groups in total. The maximum atomic E-state index is 12.2. The van der Waals surface area contributed by atoms with E-state index in [1.807, 2.05) is 19.1 Å². The van der Waals surface area contributed by atoms with Gasteiger partial charge in [0.1, 0.15) is 5.82 Å². The van der Waals surface area contributed by atoms with Crippen LogP contribution in [0.5, 0.6) is 0 Å². The highest BCUT2D eigenvalue weighted by atomic mass is 32.2. The van der Waals surface area contributed by atoms with Crippen LogP contribution in [-0.4, -0.2) is 40.6 Å². The van der Waals surface area contributed by atoms with Gasteiger partial charge >= 0.3 is 0 Å². The Morgan fingerprint density at radius 2 is 2.21 bits per heavy atom. The highest BCUT2D eigenvalue weighted by Gasteiger charge is 2.37. The van der Waals surface area contributed by atoms with Gasteiger partial charge in [-0.15, -0.1) is 0 Å². The first kappa shape index (κ1) is 15.3. The molecule has 0 aliphatic carbocycles. The van der Waals surface area contributed by atoms with Gasteiger partial charge in [-0.05, 0) is 25.0 Å². The topological polar surface area (TPSA) is 93.9 Å². The van der Waals surface area contributed by atoms with E-state index in [0.717, 1.165) is 16.8 Å². The number of rotatable bonds is 2. The van der Waals surface area contributed by atoms with Gasteiger partial charge in [0.2, 0.25) is 5.91 Å². The monoisotopic (exact) mass is 346 g/mol. The summed E-state index contributed by atoms with van der Waals surface area (Å²) in [6, 6.07) is 3.59. The fourth-order valence-electron chi connectivity index (χ4n) is 3.67. The summed E-state index contributed by atoms with van der Waals surface area (Å²) in [4.78, 5) is 16.4. The van der Waals surface area contributed by atoms with E-state index in [9.17, 15) is 13.2 Å². The SMILES string of the molecule is Cc1nn([C@@H]2CCS(=O)(=O)C2)c2c1[C@@H](c1cccnc1)CC(=O)N2. The van der Waals surface area contributed by atoms with Gasteiger partial charge in [0.15, 0.2) is 9.84 Å². The lowest BCUT2D eigenvalue weighted by atomic mass is 9.86. The molecular weight excluding hydrogens is 328 g/mol. The zero-order valence-electron chi connectivity index (χ0n) is 13.3. The molecule has 0 saturated carbocycles. The van der Waals surface area contributed by atoms with E-state index in [0.29, 0.717) is 18.7 Å². The van der Waals surface area contributed by atoms with Crippen LogP contribution in [0.4, 0.5) is 5.82 Å². The maximum absolute atomic E-state index is 12.2. The summed E-state index contributed by atoms with van der Waals surface area (Å²) in [5.41, 5.74) is 2.75. The minimum atomic E-state index is -3.02. The number of nitrogens with zero attached hydrogens (tertiary/aromatic N) is 3. The largest absolute Gasteiger partial charge is 0.311 e. The molecular formula is C16H18N4O3S. The summed E-state index contributed by atoms with van der Waals surface area (Å²) in [6.07, 6.45) is 4.34. The number of aromatic nitrogens is 3. The Bertz CT molecular complexity index is 905. The Balaban J connectivity index is 1.81. The first-order valence-electron chi connectivity index (χ1n) is 7.94. The Morgan fingerprint density at radius 3 is 2.88 bits per heavy atom. The number of hydrogen-bond donors (Lipinski definition) is 1. The molecule has 0 unspecified atom stereocenters. The van der Waals surface area contributed by atoms with Crippen LogP contribution >= 0.6 is 0 Å². The second-order valence-corrected chi connectivity index (χ2v) is 8.67. The van der Waals surface area contributed by atoms with E-state index < -0.39 is 9.84 Å². The van der Waals surface area contributed by atoms with Crippen LogP contribution in [0, 0.1) is 6.92 Å². The highest BCUT2D eigenvalue weighted by Crippen LogP contribution is 2.41. The average Bonchev–Trinajstić information content (AvgIpc) is 3.07. The molecule has 2 aliphatic rings. The quantitative estimate of drug-likeness (QED) is 0.887. The predicted octanol–water partition coefficient (Wildman–Crippen LogP) is 1.42. The van der Waals surface area contributed by atoms with Gasteiger partial charge in [0.05, 0.1) is 23.2 Å². The fourth-order valence-corrected chi connectivity index (χ4v) is 5.36. The molecule has 126 valence electrons. The number of sulfone groups is 1. The van der Waals surface area contributed by atoms with Gasteiger partial charge in [-0.3, -0.25) is 9.78 Å². The molecule has 7 nitrogen and oxygen atoms in total. The minimum Gasteiger partial charge on any atom is -0.311 e. The second-order valence-electron chi connectivity index (χ2n) is 6.44. The Labute approximate surface area is 140 Å². The van der Waals surface area contributed by atoms with Crippen LogP contribution in [0.1, 0.15) is 41.6 Å². The fraction of sp³-hybridized carbons (Fsp3) is 0.438. The van der Waals surface area contributed by atoms with Crippen molar-refractivity contribution in [3.63, 3.8) is 0 Å². The third-order valence-corrected chi connectivity index (χ3v) is 6.52. The summed E-state index contributed by atoms with van der Waals surface area (Å²) >= 11 is 0. The molecule has 2 atom stereocenters. The van der Waals surface area contributed by atoms with Crippen molar-refractivity contribution in [2.75, 3.05) is 16.8 Å². The van der Waals surface area contributed by atoms with Gasteiger partial charge in [-0.2, -0.15) is 5.10 Å². The molecule has 0 spiro atoms. The number of amides is 1. The Morgan fingerprint density at radius 1 is 1.38 bits per heavy atom. The zero-order chi connectivity index (χ0) is 16.9. The number of carbonyl (C=O) groups excluding carboxylic acids is 1. The first-order valence-corrected chi connectivity index (χ1v) is 9.76. The van der Waals surface area contributed by atoms with Crippen LogP contribution < -0.4 is 5.32 Å². The lowest BCUT2D eigenvalue weighted by molar-refractivity contribution is -0.116. The highest BCUT2D eigenvalue weighted by molar-refractivity contribution is 7.91. The number of fused-ring (bicyclic) bond motifs is 1. The van der Waals surface area contributed by atoms with Gasteiger partial charge in [-0.25, -0.2) is 13.1 Å². The van der Waals surface area contributed by atoms with Crippen molar-refractivity contribution in [1.29, 1.82) is 0 Å². The molecule has 1 amide bonds. The van der Waals surface area contributed by atoms with Crippen molar-refractivity contribution >= 4 is 21.6 Å². The smallest absolute Gasteiger partial charge is 0.226 e. The minimum absolute atomic E-state index is 0.0774. The molecule has 1 saturated heterocycles. The lowest BCUT2D eigenvalue weighted by Gasteiger charge is -2.25. The molecule has 4 rings (SSSR count). The molecule has 8 heteroatoms. The van der Waals surface area contributed by atoms with Gasteiger partial charge in [0.25, 0.3) is 0 Å². The molecule has 2 aromatic rings. The van der Waals surface area contributed by atoms with E-state index in [2.05, 4.69) is 15.4 Å². The third kappa shape index (κ3) is 2.50. The first-order chi connectivity index (χ1) is 11.4. The van der Waals surface area contributed by atoms with Crippen LogP contribution in [0.2, 0.25) is 0 Å². The zero-order valence-corrected chi connectivity index (χ0v) is 14.1. The van der Waals surface area contributed by atoms with Crippen molar-refractivity contribution < 1.29 is 13.2 Å². The van der Waals surface area contributed by atoms with Crippen LogP contribution in [0.25, 0.3) is 0 Å². The van der Waals surface area contributed by atoms with E-state index >= 15 is 0 Å². The summed E-state index contributed by atoms with van der Waals surface area (Å²) in [5, 5.41) is 7.47. The molecule has 2 aromatic heterocycles. The molecule has 4 heterocycles. The van der Waals surface area contributed by atoms with Gasteiger partial charge in [-0.1, -0.05) is 6.07 Å². The summed E-state index contributed by atoms with van der Waals surface area (Å²) in [6.45, 7) is 1.90. The van der Waals surface area contributed by atoms with Crippen LogP contribution in [-0.2, 0) is 14.6 Å². The molecule has 0 aromatic carbocycles. The van der Waals surface area contributed by atoms with Crippen molar-refractivity contribution in [1.82, 2.24) is 14.8 Å². The van der Waals surface area contributed by atoms with Gasteiger partial charge < -0.3 is 5.32 Å². The number of hydrogen-bond acceptors (Lipinski definition) is 5. The summed E-state index contributed by atoms with van der Waals surface area (Å²) < 4.78 is 25.3. The number of nitrogens with one attached hydrogen (secondary N) is 1. The van der Waals surface area contributed by atoms with Crippen molar-refractivity contribution in [2.24, 2.45) is 0 Å². The molecule has 0 bridgehead atoms. The lowest BCUT2D eigenvalue weighted by Crippen LogP contribution is -2.26. The number of pyridine rings is 1. The van der Waals surface area contributed by atoms with E-state index in [-0.39, 0.29) is 29.4 Å². The molecule has 24 heavy (non-hydrogen) atoms. The normalized spacial score (nSPS) is 25.3. The van der Waals surface area contributed by atoms with Crippen LogP contribution in [0.3, 0.4) is 0 Å². The molecule has 1 fully saturated rings. The number of aryl methyl sites for hydroxylation is 1. The third-order valence-electron chi connectivity index (χ3n) is 4.77. The molecule has 2 aliphatic heterocycles. The van der Waals surface area contributed by atoms with Crippen LogP contribution in [0.15, 0.2) is 24.5 Å². The molecule has 0 radical (unpaired) electrons. The van der Waals surface area contributed by atoms with Crippen molar-refractivity contribution in [2.45, 2.75) is 31.7 Å². The van der Waals surface area contributed by atoms with Gasteiger partial charge in [0, 0.05) is 30.3 Å². The van der Waals surface area contributed by atoms with E-state index in [4.69, 9.17) is 0 Å².